The van der Waals surface area contributed by atoms with Crippen molar-refractivity contribution in [2.24, 2.45) is 0 Å². The van der Waals surface area contributed by atoms with Crippen LogP contribution in [-0.4, -0.2) is 15.1 Å². The molecular weight excluding hydrogens is 304 g/mol. The molecule has 0 unspecified atom stereocenters. The van der Waals surface area contributed by atoms with Gasteiger partial charge in [-0.1, -0.05) is 60.8 Å². The zero-order valence-electron chi connectivity index (χ0n) is 10.4. The van der Waals surface area contributed by atoms with Crippen LogP contribution in [0.4, 0.5) is 11.4 Å². The Labute approximate surface area is 133 Å². The van der Waals surface area contributed by atoms with Gasteiger partial charge in [-0.2, -0.15) is 0 Å². The highest BCUT2D eigenvalue weighted by Crippen LogP contribution is 2.28. The average molecular weight is 314 g/mol. The molecule has 2 aromatic rings. The molecule has 1 aliphatic rings. The van der Waals surface area contributed by atoms with Crippen LogP contribution in [0, 0.1) is 0 Å². The third kappa shape index (κ3) is 2.14. The molecule has 0 bridgehead atoms. The maximum absolute atomic E-state index is 5.56. The minimum Gasteiger partial charge on any atom is -0.275 e. The van der Waals surface area contributed by atoms with Crippen LogP contribution in [0.15, 0.2) is 60.7 Å². The molecule has 1 saturated heterocycles. The van der Waals surface area contributed by atoms with E-state index >= 15 is 0 Å². The summed E-state index contributed by atoms with van der Waals surface area (Å²) in [5, 5.41) is 0.595. The molecule has 1 heterocycles. The highest BCUT2D eigenvalue weighted by molar-refractivity contribution is 7.91. The Hall–Kier alpha value is -1.69. The van der Waals surface area contributed by atoms with Gasteiger partial charge in [0.2, 0.25) is 0 Å². The Bertz CT molecular complexity index is 623. The molecular formula is C15H10N2S3. The number of para-hydroxylation sites is 2. The molecule has 1 fully saturated rings. The first-order valence-electron chi connectivity index (χ1n) is 6.03. The van der Waals surface area contributed by atoms with Crippen LogP contribution in [-0.2, 0) is 0 Å². The summed E-state index contributed by atoms with van der Waals surface area (Å²) in [5.74, 6) is 0. The van der Waals surface area contributed by atoms with Gasteiger partial charge in [0.25, 0.3) is 0 Å². The standard InChI is InChI=1S/C15H10N2S3/c18-13-14(19)17(12-9-5-2-6-10-12)15(20)16(13)11-7-3-1-4-8-11/h1-10H. The van der Waals surface area contributed by atoms with Gasteiger partial charge in [-0.25, -0.2) is 0 Å². The first-order chi connectivity index (χ1) is 9.70. The predicted octanol–water partition coefficient (Wildman–Crippen LogP) is 3.95. The van der Waals surface area contributed by atoms with Crippen LogP contribution in [0.1, 0.15) is 0 Å². The summed E-state index contributed by atoms with van der Waals surface area (Å²) in [6, 6.07) is 19.6. The lowest BCUT2D eigenvalue weighted by Gasteiger charge is -2.20. The Morgan fingerprint density at radius 2 is 0.900 bits per heavy atom. The van der Waals surface area contributed by atoms with E-state index in [1.54, 1.807) is 0 Å². The number of nitrogens with zero attached hydrogens (tertiary/aromatic N) is 2. The van der Waals surface area contributed by atoms with Gasteiger partial charge in [-0.3, -0.25) is 9.80 Å². The Morgan fingerprint density at radius 1 is 0.550 bits per heavy atom. The van der Waals surface area contributed by atoms with Crippen LogP contribution >= 0.6 is 36.7 Å². The normalized spacial score (nSPS) is 15.1. The van der Waals surface area contributed by atoms with Crippen LogP contribution in [0.5, 0.6) is 0 Å². The van der Waals surface area contributed by atoms with Gasteiger partial charge in [-0.05, 0) is 36.5 Å². The van der Waals surface area contributed by atoms with E-state index in [2.05, 4.69) is 0 Å². The quantitative estimate of drug-likeness (QED) is 0.772. The number of thiocarbonyl (C=S) groups is 3. The highest BCUT2D eigenvalue weighted by atomic mass is 32.1. The van der Waals surface area contributed by atoms with Crippen molar-refractivity contribution in [3.63, 3.8) is 0 Å². The molecule has 2 aromatic carbocycles. The predicted molar refractivity (Wildman–Crippen MR) is 95.6 cm³/mol. The van der Waals surface area contributed by atoms with E-state index in [0.717, 1.165) is 11.4 Å². The van der Waals surface area contributed by atoms with Gasteiger partial charge in [0, 0.05) is 11.4 Å². The molecule has 0 amide bonds. The lowest BCUT2D eigenvalue weighted by Crippen LogP contribution is -2.32. The van der Waals surface area contributed by atoms with Gasteiger partial charge in [0.05, 0.1) is 0 Å². The molecule has 0 N–H and O–H groups in total. The Kier molecular flexibility index (Phi) is 3.56. The van der Waals surface area contributed by atoms with Crippen LogP contribution in [0.2, 0.25) is 0 Å². The monoisotopic (exact) mass is 314 g/mol. The van der Waals surface area contributed by atoms with Crippen molar-refractivity contribution < 1.29 is 0 Å². The third-order valence-electron chi connectivity index (χ3n) is 3.00. The van der Waals surface area contributed by atoms with Crippen molar-refractivity contribution in [1.82, 2.24) is 0 Å². The van der Waals surface area contributed by atoms with Gasteiger partial charge in [0.1, 0.15) is 9.98 Å². The van der Waals surface area contributed by atoms with Crippen molar-refractivity contribution in [1.29, 1.82) is 0 Å². The zero-order chi connectivity index (χ0) is 14.1. The Morgan fingerprint density at radius 3 is 1.25 bits per heavy atom. The SMILES string of the molecule is S=C1C(=S)N(c2ccccc2)C(=S)N1c1ccccc1. The molecule has 98 valence electrons. The topological polar surface area (TPSA) is 6.48 Å². The van der Waals surface area contributed by atoms with Crippen molar-refractivity contribution >= 4 is 63.1 Å². The van der Waals surface area contributed by atoms with Crippen molar-refractivity contribution in [3.05, 3.63) is 60.7 Å². The lowest BCUT2D eigenvalue weighted by atomic mass is 10.3. The summed E-state index contributed by atoms with van der Waals surface area (Å²) >= 11 is 16.5. The third-order valence-corrected chi connectivity index (χ3v) is 4.25. The molecule has 3 rings (SSSR count). The number of hydrogen-bond acceptors (Lipinski definition) is 3. The van der Waals surface area contributed by atoms with Crippen molar-refractivity contribution in [2.75, 3.05) is 9.80 Å². The molecule has 0 radical (unpaired) electrons. The molecule has 20 heavy (non-hydrogen) atoms. The van der Waals surface area contributed by atoms with Gasteiger partial charge >= 0.3 is 0 Å². The fraction of sp³-hybridized carbons (Fsp3) is 0. The minimum atomic E-state index is 0.569. The fourth-order valence-electron chi connectivity index (χ4n) is 2.07. The van der Waals surface area contributed by atoms with Gasteiger partial charge in [0.15, 0.2) is 5.11 Å². The number of hydrogen-bond donors (Lipinski definition) is 0. The van der Waals surface area contributed by atoms with Gasteiger partial charge < -0.3 is 0 Å². The van der Waals surface area contributed by atoms with E-state index < -0.39 is 0 Å². The molecule has 0 aliphatic carbocycles. The van der Waals surface area contributed by atoms with Gasteiger partial charge in [-0.15, -0.1) is 0 Å². The summed E-state index contributed by atoms with van der Waals surface area (Å²) in [6.45, 7) is 0. The second kappa shape index (κ2) is 5.36. The molecule has 5 heteroatoms. The lowest BCUT2D eigenvalue weighted by molar-refractivity contribution is 1.43. The second-order valence-corrected chi connectivity index (χ2v) is 5.37. The molecule has 0 saturated carbocycles. The molecule has 1 aliphatic heterocycles. The maximum Gasteiger partial charge on any atom is 0.191 e. The summed E-state index contributed by atoms with van der Waals surface area (Å²) in [7, 11) is 0. The molecule has 0 atom stereocenters. The largest absolute Gasteiger partial charge is 0.275 e. The maximum atomic E-state index is 5.56. The summed E-state index contributed by atoms with van der Waals surface area (Å²) in [5.41, 5.74) is 1.87. The summed E-state index contributed by atoms with van der Waals surface area (Å²) < 4.78 is 0. The zero-order valence-corrected chi connectivity index (χ0v) is 12.8. The first kappa shape index (κ1) is 13.3. The average Bonchev–Trinajstić information content (AvgIpc) is 2.71. The van der Waals surface area contributed by atoms with Crippen LogP contribution in [0.25, 0.3) is 0 Å². The highest BCUT2D eigenvalue weighted by Gasteiger charge is 2.36. The minimum absolute atomic E-state index is 0.569. The molecule has 0 spiro atoms. The summed E-state index contributed by atoms with van der Waals surface area (Å²) in [4.78, 5) is 4.81. The van der Waals surface area contributed by atoms with E-state index in [1.165, 1.54) is 0 Å². The Balaban J connectivity index is 2.03. The fourth-order valence-corrected chi connectivity index (χ4v) is 3.15. The summed E-state index contributed by atoms with van der Waals surface area (Å²) in [6.07, 6.45) is 0. The molecule has 0 aromatic heterocycles. The van der Waals surface area contributed by atoms with E-state index in [4.69, 9.17) is 36.7 Å². The van der Waals surface area contributed by atoms with Crippen molar-refractivity contribution in [2.45, 2.75) is 0 Å². The number of benzene rings is 2. The van der Waals surface area contributed by atoms with Crippen LogP contribution < -0.4 is 9.80 Å². The first-order valence-corrected chi connectivity index (χ1v) is 7.25. The number of rotatable bonds is 2. The van der Waals surface area contributed by atoms with E-state index in [9.17, 15) is 0 Å². The van der Waals surface area contributed by atoms with Crippen molar-refractivity contribution in [3.8, 4) is 0 Å². The number of anilines is 2. The van der Waals surface area contributed by atoms with Crippen LogP contribution in [0.3, 0.4) is 0 Å². The smallest absolute Gasteiger partial charge is 0.191 e. The second-order valence-electron chi connectivity index (χ2n) is 4.23. The van der Waals surface area contributed by atoms with E-state index in [1.807, 2.05) is 70.5 Å². The van der Waals surface area contributed by atoms with E-state index in [0.29, 0.717) is 15.1 Å². The van der Waals surface area contributed by atoms with E-state index in [-0.39, 0.29) is 0 Å². The molecule has 2 nitrogen and oxygen atoms in total.